The van der Waals surface area contributed by atoms with Gasteiger partial charge in [-0.2, -0.15) is 10.2 Å². The van der Waals surface area contributed by atoms with Gasteiger partial charge in [-0.05, 0) is 59.0 Å². The number of aromatic amines is 1. The standard InChI is InChI=1S/C18H15IN4O2/c1-25-14-8-6-12(7-9-14)17-13(10-20-22-17)11-21-23-18(24)15-4-2-3-5-16(15)19/h2-11H,1H3,(H,20,22)(H,23,24)/b21-11+. The second-order valence-electron chi connectivity index (χ2n) is 5.11. The van der Waals surface area contributed by atoms with Gasteiger partial charge in [0, 0.05) is 14.7 Å². The van der Waals surface area contributed by atoms with E-state index >= 15 is 0 Å². The van der Waals surface area contributed by atoms with Crippen molar-refractivity contribution in [2.45, 2.75) is 0 Å². The van der Waals surface area contributed by atoms with Crippen molar-refractivity contribution in [3.8, 4) is 17.0 Å². The Morgan fingerprint density at radius 1 is 1.24 bits per heavy atom. The summed E-state index contributed by atoms with van der Waals surface area (Å²) in [6.45, 7) is 0. The molecule has 0 aliphatic rings. The number of carbonyl (C=O) groups excluding carboxylic acids is 1. The van der Waals surface area contributed by atoms with Crippen LogP contribution in [0.4, 0.5) is 0 Å². The predicted molar refractivity (Wildman–Crippen MR) is 105 cm³/mol. The van der Waals surface area contributed by atoms with E-state index in [0.29, 0.717) is 5.56 Å². The first kappa shape index (κ1) is 17.2. The highest BCUT2D eigenvalue weighted by Gasteiger charge is 2.09. The second kappa shape index (κ2) is 7.93. The molecule has 0 radical (unpaired) electrons. The normalized spacial score (nSPS) is 10.8. The smallest absolute Gasteiger partial charge is 0.272 e. The van der Waals surface area contributed by atoms with E-state index in [9.17, 15) is 4.79 Å². The fourth-order valence-corrected chi connectivity index (χ4v) is 2.88. The van der Waals surface area contributed by atoms with Gasteiger partial charge in [0.25, 0.3) is 5.91 Å². The average Bonchev–Trinajstić information content (AvgIpc) is 3.10. The van der Waals surface area contributed by atoms with Gasteiger partial charge >= 0.3 is 0 Å². The third-order valence-corrected chi connectivity index (χ3v) is 4.48. The molecule has 25 heavy (non-hydrogen) atoms. The Balaban J connectivity index is 1.73. The zero-order chi connectivity index (χ0) is 17.6. The number of hydrogen-bond acceptors (Lipinski definition) is 4. The molecule has 1 aromatic heterocycles. The number of hydrogen-bond donors (Lipinski definition) is 2. The third kappa shape index (κ3) is 4.05. The van der Waals surface area contributed by atoms with E-state index in [1.807, 2.05) is 42.5 Å². The van der Waals surface area contributed by atoms with Crippen LogP contribution in [0.3, 0.4) is 0 Å². The number of carbonyl (C=O) groups is 1. The lowest BCUT2D eigenvalue weighted by Gasteiger charge is -2.03. The molecule has 7 heteroatoms. The summed E-state index contributed by atoms with van der Waals surface area (Å²) in [6, 6.07) is 14.9. The molecule has 126 valence electrons. The van der Waals surface area contributed by atoms with Crippen LogP contribution < -0.4 is 10.2 Å². The number of benzene rings is 2. The molecule has 0 aliphatic carbocycles. The van der Waals surface area contributed by atoms with Gasteiger partial charge in [0.05, 0.1) is 30.8 Å². The number of methoxy groups -OCH3 is 1. The lowest BCUT2D eigenvalue weighted by molar-refractivity contribution is 0.0954. The second-order valence-corrected chi connectivity index (χ2v) is 6.27. The molecule has 1 heterocycles. The van der Waals surface area contributed by atoms with E-state index in [1.54, 1.807) is 25.6 Å². The van der Waals surface area contributed by atoms with Gasteiger partial charge in [-0.25, -0.2) is 5.43 Å². The maximum Gasteiger partial charge on any atom is 0.272 e. The quantitative estimate of drug-likeness (QED) is 0.358. The van der Waals surface area contributed by atoms with Gasteiger partial charge in [-0.15, -0.1) is 0 Å². The molecule has 2 N–H and O–H groups in total. The van der Waals surface area contributed by atoms with Gasteiger partial charge in [0.2, 0.25) is 0 Å². The first-order chi connectivity index (χ1) is 12.2. The van der Waals surface area contributed by atoms with E-state index in [2.05, 4.69) is 43.3 Å². The molecular weight excluding hydrogens is 431 g/mol. The molecule has 0 fully saturated rings. The Bertz CT molecular complexity index is 903. The fraction of sp³-hybridized carbons (Fsp3) is 0.0556. The summed E-state index contributed by atoms with van der Waals surface area (Å²) in [5.41, 5.74) is 5.66. The molecule has 6 nitrogen and oxygen atoms in total. The highest BCUT2D eigenvalue weighted by Crippen LogP contribution is 2.22. The molecule has 0 saturated carbocycles. The summed E-state index contributed by atoms with van der Waals surface area (Å²) >= 11 is 2.12. The minimum Gasteiger partial charge on any atom is -0.497 e. The van der Waals surface area contributed by atoms with Crippen LogP contribution in [0.25, 0.3) is 11.3 Å². The van der Waals surface area contributed by atoms with E-state index < -0.39 is 0 Å². The van der Waals surface area contributed by atoms with Gasteiger partial charge in [0.1, 0.15) is 5.75 Å². The first-order valence-corrected chi connectivity index (χ1v) is 8.52. The third-order valence-electron chi connectivity index (χ3n) is 3.54. The highest BCUT2D eigenvalue weighted by atomic mass is 127. The van der Waals surface area contributed by atoms with Crippen LogP contribution in [-0.4, -0.2) is 29.4 Å². The number of nitrogens with zero attached hydrogens (tertiary/aromatic N) is 2. The summed E-state index contributed by atoms with van der Waals surface area (Å²) in [5, 5.41) is 11.0. The summed E-state index contributed by atoms with van der Waals surface area (Å²) in [7, 11) is 1.62. The molecule has 1 amide bonds. The molecule has 0 unspecified atom stereocenters. The molecule has 0 spiro atoms. The van der Waals surface area contributed by atoms with Crippen molar-refractivity contribution in [1.82, 2.24) is 15.6 Å². The Morgan fingerprint density at radius 3 is 2.72 bits per heavy atom. The Labute approximate surface area is 158 Å². The van der Waals surface area contributed by atoms with E-state index in [0.717, 1.165) is 26.1 Å². The number of hydrazone groups is 1. The van der Waals surface area contributed by atoms with Crippen LogP contribution in [0.15, 0.2) is 59.8 Å². The minimum absolute atomic E-state index is 0.254. The fourth-order valence-electron chi connectivity index (χ4n) is 2.25. The number of amides is 1. The van der Waals surface area contributed by atoms with Crippen LogP contribution in [0.1, 0.15) is 15.9 Å². The van der Waals surface area contributed by atoms with Crippen molar-refractivity contribution in [2.24, 2.45) is 5.10 Å². The number of aromatic nitrogens is 2. The van der Waals surface area contributed by atoms with Crippen LogP contribution in [0.5, 0.6) is 5.75 Å². The van der Waals surface area contributed by atoms with E-state index in [-0.39, 0.29) is 5.91 Å². The van der Waals surface area contributed by atoms with Crippen molar-refractivity contribution < 1.29 is 9.53 Å². The molecule has 0 bridgehead atoms. The van der Waals surface area contributed by atoms with Crippen LogP contribution in [0, 0.1) is 3.57 Å². The maximum atomic E-state index is 12.2. The average molecular weight is 446 g/mol. The van der Waals surface area contributed by atoms with Gasteiger partial charge in [-0.3, -0.25) is 9.89 Å². The molecular formula is C18H15IN4O2. The van der Waals surface area contributed by atoms with Crippen molar-refractivity contribution in [2.75, 3.05) is 7.11 Å². The summed E-state index contributed by atoms with van der Waals surface area (Å²) < 4.78 is 6.03. The largest absolute Gasteiger partial charge is 0.497 e. The molecule has 0 aliphatic heterocycles. The minimum atomic E-state index is -0.254. The molecule has 2 aromatic carbocycles. The Kier molecular flexibility index (Phi) is 5.44. The lowest BCUT2D eigenvalue weighted by atomic mass is 10.1. The van der Waals surface area contributed by atoms with Crippen LogP contribution in [0.2, 0.25) is 0 Å². The summed E-state index contributed by atoms with van der Waals surface area (Å²) in [4.78, 5) is 12.2. The SMILES string of the molecule is COc1ccc(-c2[nH]ncc2/C=N/NC(=O)c2ccccc2I)cc1. The van der Waals surface area contributed by atoms with Gasteiger partial charge in [0.15, 0.2) is 0 Å². The topological polar surface area (TPSA) is 79.4 Å². The zero-order valence-corrected chi connectivity index (χ0v) is 15.5. The van der Waals surface area contributed by atoms with Crippen LogP contribution in [-0.2, 0) is 0 Å². The number of H-pyrrole nitrogens is 1. The summed E-state index contributed by atoms with van der Waals surface area (Å²) in [6.07, 6.45) is 3.22. The number of ether oxygens (including phenoxy) is 1. The van der Waals surface area contributed by atoms with Gasteiger partial charge in [-0.1, -0.05) is 12.1 Å². The first-order valence-electron chi connectivity index (χ1n) is 7.45. The van der Waals surface area contributed by atoms with Crippen LogP contribution >= 0.6 is 22.6 Å². The van der Waals surface area contributed by atoms with Crippen molar-refractivity contribution in [3.05, 3.63) is 69.4 Å². The van der Waals surface area contributed by atoms with E-state index in [1.165, 1.54) is 0 Å². The lowest BCUT2D eigenvalue weighted by Crippen LogP contribution is -2.18. The molecule has 3 aromatic rings. The number of rotatable bonds is 5. The van der Waals surface area contributed by atoms with Crippen molar-refractivity contribution in [3.63, 3.8) is 0 Å². The predicted octanol–water partition coefficient (Wildman–Crippen LogP) is 3.45. The monoisotopic (exact) mass is 446 g/mol. The molecule has 0 atom stereocenters. The van der Waals surface area contributed by atoms with Gasteiger partial charge < -0.3 is 4.74 Å². The van der Waals surface area contributed by atoms with Crippen molar-refractivity contribution in [1.29, 1.82) is 0 Å². The maximum absolute atomic E-state index is 12.2. The number of nitrogens with one attached hydrogen (secondary N) is 2. The molecule has 3 rings (SSSR count). The van der Waals surface area contributed by atoms with Crippen molar-refractivity contribution >= 4 is 34.7 Å². The zero-order valence-electron chi connectivity index (χ0n) is 13.4. The molecule has 0 saturated heterocycles. The highest BCUT2D eigenvalue weighted by molar-refractivity contribution is 14.1. The Hall–Kier alpha value is -2.68. The van der Waals surface area contributed by atoms with E-state index in [4.69, 9.17) is 4.74 Å². The summed E-state index contributed by atoms with van der Waals surface area (Å²) in [5.74, 6) is 0.527. The Morgan fingerprint density at radius 2 is 2.00 bits per heavy atom. The number of halogens is 1.